The highest BCUT2D eigenvalue weighted by Crippen LogP contribution is 2.15. The minimum Gasteiger partial charge on any atom is -0.355 e. The maximum atomic E-state index is 11.8. The van der Waals surface area contributed by atoms with Crippen LogP contribution in [0.25, 0.3) is 0 Å². The van der Waals surface area contributed by atoms with E-state index < -0.39 is 0 Å². The monoisotopic (exact) mass is 294 g/mol. The Kier molecular flexibility index (Phi) is 5.41. The predicted octanol–water partition coefficient (Wildman–Crippen LogP) is 2.01. The summed E-state index contributed by atoms with van der Waals surface area (Å²) >= 11 is 6.00. The molecule has 1 aromatic rings. The van der Waals surface area contributed by atoms with E-state index in [1.807, 2.05) is 23.1 Å². The lowest BCUT2D eigenvalue weighted by molar-refractivity contribution is -0.130. The molecule has 0 atom stereocenters. The molecular formula is C15H19ClN2O2. The van der Waals surface area contributed by atoms with E-state index in [9.17, 15) is 9.59 Å². The van der Waals surface area contributed by atoms with Crippen molar-refractivity contribution in [2.45, 2.75) is 25.7 Å². The number of halogens is 1. The van der Waals surface area contributed by atoms with Gasteiger partial charge in [0.1, 0.15) is 0 Å². The number of hydrogen-bond acceptors (Lipinski definition) is 2. The Morgan fingerprint density at radius 1 is 1.20 bits per heavy atom. The van der Waals surface area contributed by atoms with Gasteiger partial charge in [-0.1, -0.05) is 29.8 Å². The lowest BCUT2D eigenvalue weighted by atomic mass is 10.1. The lowest BCUT2D eigenvalue weighted by Gasteiger charge is -2.15. The van der Waals surface area contributed by atoms with E-state index in [-0.39, 0.29) is 18.2 Å². The van der Waals surface area contributed by atoms with E-state index in [2.05, 4.69) is 5.32 Å². The summed E-state index contributed by atoms with van der Waals surface area (Å²) in [6.07, 6.45) is 2.79. The normalized spacial score (nSPS) is 14.3. The number of benzene rings is 1. The Bertz CT molecular complexity index is 485. The molecule has 0 aromatic heterocycles. The molecule has 4 nitrogen and oxygen atoms in total. The van der Waals surface area contributed by atoms with Gasteiger partial charge < -0.3 is 10.2 Å². The smallest absolute Gasteiger partial charge is 0.224 e. The van der Waals surface area contributed by atoms with E-state index in [1.165, 1.54) is 0 Å². The number of carbonyl (C=O) groups excluding carboxylic acids is 2. The molecule has 1 aliphatic rings. The van der Waals surface area contributed by atoms with Crippen LogP contribution in [0.4, 0.5) is 0 Å². The first-order chi connectivity index (χ1) is 9.66. The Morgan fingerprint density at radius 2 is 1.90 bits per heavy atom. The number of nitrogens with zero attached hydrogens (tertiary/aromatic N) is 1. The molecule has 1 heterocycles. The van der Waals surface area contributed by atoms with Gasteiger partial charge in [0.25, 0.3) is 0 Å². The van der Waals surface area contributed by atoms with Gasteiger partial charge >= 0.3 is 0 Å². The summed E-state index contributed by atoms with van der Waals surface area (Å²) < 4.78 is 0. The van der Waals surface area contributed by atoms with Crippen LogP contribution in [0, 0.1) is 0 Å². The van der Waals surface area contributed by atoms with Crippen molar-refractivity contribution in [2.24, 2.45) is 0 Å². The predicted molar refractivity (Wildman–Crippen MR) is 78.6 cm³/mol. The van der Waals surface area contributed by atoms with Gasteiger partial charge in [-0.25, -0.2) is 0 Å². The van der Waals surface area contributed by atoms with Gasteiger partial charge in [0.15, 0.2) is 0 Å². The van der Waals surface area contributed by atoms with E-state index >= 15 is 0 Å². The summed E-state index contributed by atoms with van der Waals surface area (Å²) in [5, 5.41) is 3.36. The van der Waals surface area contributed by atoms with Crippen molar-refractivity contribution < 1.29 is 9.59 Å². The Morgan fingerprint density at radius 3 is 2.60 bits per heavy atom. The zero-order valence-electron chi connectivity index (χ0n) is 11.4. The fourth-order valence-corrected chi connectivity index (χ4v) is 2.51. The average molecular weight is 295 g/mol. The van der Waals surface area contributed by atoms with E-state index in [4.69, 9.17) is 11.6 Å². The van der Waals surface area contributed by atoms with E-state index in [0.29, 0.717) is 18.0 Å². The largest absolute Gasteiger partial charge is 0.355 e. The van der Waals surface area contributed by atoms with Gasteiger partial charge in [-0.05, 0) is 24.5 Å². The first kappa shape index (κ1) is 14.9. The van der Waals surface area contributed by atoms with Crippen LogP contribution in [0.3, 0.4) is 0 Å². The molecule has 1 aromatic carbocycles. The molecule has 20 heavy (non-hydrogen) atoms. The fraction of sp³-hybridized carbons (Fsp3) is 0.467. The van der Waals surface area contributed by atoms with Crippen molar-refractivity contribution in [3.8, 4) is 0 Å². The minimum absolute atomic E-state index is 0.104. The lowest BCUT2D eigenvalue weighted by Crippen LogP contribution is -2.33. The third kappa shape index (κ3) is 4.23. The third-order valence-corrected chi connectivity index (χ3v) is 3.80. The van der Waals surface area contributed by atoms with E-state index in [0.717, 1.165) is 31.5 Å². The second-order valence-electron chi connectivity index (χ2n) is 4.96. The molecule has 2 amide bonds. The molecule has 0 radical (unpaired) electrons. The maximum absolute atomic E-state index is 11.8. The van der Waals surface area contributed by atoms with Gasteiger partial charge in [-0.2, -0.15) is 0 Å². The van der Waals surface area contributed by atoms with Gasteiger partial charge in [-0.3, -0.25) is 9.59 Å². The molecule has 0 aliphatic carbocycles. The van der Waals surface area contributed by atoms with Crippen molar-refractivity contribution in [1.29, 1.82) is 0 Å². The molecule has 5 heteroatoms. The average Bonchev–Trinajstić information content (AvgIpc) is 2.95. The van der Waals surface area contributed by atoms with Crippen LogP contribution in [-0.2, 0) is 16.0 Å². The number of rotatable bonds is 5. The fourth-order valence-electron chi connectivity index (χ4n) is 2.31. The van der Waals surface area contributed by atoms with Crippen molar-refractivity contribution in [3.05, 3.63) is 34.9 Å². The van der Waals surface area contributed by atoms with Crippen molar-refractivity contribution in [2.75, 3.05) is 19.6 Å². The quantitative estimate of drug-likeness (QED) is 0.903. The third-order valence-electron chi connectivity index (χ3n) is 3.43. The molecule has 0 spiro atoms. The summed E-state index contributed by atoms with van der Waals surface area (Å²) in [6, 6.07) is 7.28. The van der Waals surface area contributed by atoms with Crippen LogP contribution in [-0.4, -0.2) is 36.3 Å². The van der Waals surface area contributed by atoms with Crippen LogP contribution < -0.4 is 5.32 Å². The van der Waals surface area contributed by atoms with Gasteiger partial charge in [-0.15, -0.1) is 0 Å². The topological polar surface area (TPSA) is 49.4 Å². The Hall–Kier alpha value is -1.55. The van der Waals surface area contributed by atoms with Gasteiger partial charge in [0, 0.05) is 31.1 Å². The first-order valence-electron chi connectivity index (χ1n) is 6.94. The SMILES string of the molecule is O=C(Cc1ccccc1Cl)NCCC(=O)N1CCCC1. The molecule has 0 bridgehead atoms. The highest BCUT2D eigenvalue weighted by atomic mass is 35.5. The molecule has 1 fully saturated rings. The number of likely N-dealkylation sites (tertiary alicyclic amines) is 1. The molecule has 108 valence electrons. The van der Waals surface area contributed by atoms with Crippen LogP contribution >= 0.6 is 11.6 Å². The zero-order chi connectivity index (χ0) is 14.4. The van der Waals surface area contributed by atoms with Crippen LogP contribution in [0.2, 0.25) is 5.02 Å². The Labute approximate surface area is 124 Å². The summed E-state index contributed by atoms with van der Waals surface area (Å²) in [7, 11) is 0. The van der Waals surface area contributed by atoms with Crippen LogP contribution in [0.5, 0.6) is 0 Å². The van der Waals surface area contributed by atoms with Gasteiger partial charge in [0.2, 0.25) is 11.8 Å². The van der Waals surface area contributed by atoms with Crippen molar-refractivity contribution in [1.82, 2.24) is 10.2 Å². The van der Waals surface area contributed by atoms with Crippen molar-refractivity contribution in [3.63, 3.8) is 0 Å². The molecule has 1 aliphatic heterocycles. The number of hydrogen-bond donors (Lipinski definition) is 1. The summed E-state index contributed by atoms with van der Waals surface area (Å²) in [5.41, 5.74) is 0.803. The van der Waals surface area contributed by atoms with Crippen LogP contribution in [0.15, 0.2) is 24.3 Å². The van der Waals surface area contributed by atoms with Gasteiger partial charge in [0.05, 0.1) is 6.42 Å². The molecule has 2 rings (SSSR count). The first-order valence-corrected chi connectivity index (χ1v) is 7.32. The second kappa shape index (κ2) is 7.29. The zero-order valence-corrected chi connectivity index (χ0v) is 12.2. The second-order valence-corrected chi connectivity index (χ2v) is 5.36. The standard InChI is InChI=1S/C15H19ClN2O2/c16-13-6-2-1-5-12(13)11-14(19)17-8-7-15(20)18-9-3-4-10-18/h1-2,5-6H,3-4,7-11H2,(H,17,19). The van der Waals surface area contributed by atoms with E-state index in [1.54, 1.807) is 6.07 Å². The summed E-state index contributed by atoms with van der Waals surface area (Å²) in [4.78, 5) is 25.4. The molecule has 1 saturated heterocycles. The molecule has 0 unspecified atom stereocenters. The van der Waals surface area contributed by atoms with Crippen LogP contribution in [0.1, 0.15) is 24.8 Å². The summed E-state index contributed by atoms with van der Waals surface area (Å²) in [6.45, 7) is 2.09. The number of nitrogens with one attached hydrogen (secondary N) is 1. The molecular weight excluding hydrogens is 276 g/mol. The Balaban J connectivity index is 1.70. The molecule has 1 N–H and O–H groups in total. The minimum atomic E-state index is -0.104. The molecule has 0 saturated carbocycles. The number of carbonyl (C=O) groups is 2. The van der Waals surface area contributed by atoms with Crippen molar-refractivity contribution >= 4 is 23.4 Å². The highest BCUT2D eigenvalue weighted by Gasteiger charge is 2.17. The highest BCUT2D eigenvalue weighted by molar-refractivity contribution is 6.31. The maximum Gasteiger partial charge on any atom is 0.224 e. The summed E-state index contributed by atoms with van der Waals surface area (Å²) in [5.74, 6) is 0.0212. The number of amides is 2.